The van der Waals surface area contributed by atoms with Crippen molar-refractivity contribution < 1.29 is 4.79 Å². The molecule has 100 valence electrons. The van der Waals surface area contributed by atoms with E-state index < -0.39 is 0 Å². The second-order valence-electron chi connectivity index (χ2n) is 4.35. The number of hydrogen-bond donors (Lipinski definition) is 0. The van der Waals surface area contributed by atoms with Crippen LogP contribution >= 0.6 is 27.3 Å². The van der Waals surface area contributed by atoms with Crippen molar-refractivity contribution in [2.24, 2.45) is 5.10 Å². The van der Waals surface area contributed by atoms with E-state index in [-0.39, 0.29) is 5.91 Å². The minimum absolute atomic E-state index is 0.0850. The standard InChI is InChI=1S/C15H11BrN2OS/c1-10-14(9-13-3-2-8-20-13)15(19)18(17-10)12-6-4-11(16)5-7-12/h2-9H,1H3/b14-9-. The van der Waals surface area contributed by atoms with Crippen molar-refractivity contribution in [2.45, 2.75) is 6.92 Å². The minimum atomic E-state index is -0.0850. The van der Waals surface area contributed by atoms with Crippen LogP contribution in [0.3, 0.4) is 0 Å². The van der Waals surface area contributed by atoms with Gasteiger partial charge in [-0.1, -0.05) is 22.0 Å². The van der Waals surface area contributed by atoms with E-state index in [0.717, 1.165) is 20.7 Å². The van der Waals surface area contributed by atoms with Crippen LogP contribution in [0.1, 0.15) is 11.8 Å². The molecule has 0 unspecified atom stereocenters. The number of anilines is 1. The van der Waals surface area contributed by atoms with Crippen LogP contribution in [0.5, 0.6) is 0 Å². The van der Waals surface area contributed by atoms with Gasteiger partial charge < -0.3 is 0 Å². The van der Waals surface area contributed by atoms with Gasteiger partial charge in [0.25, 0.3) is 5.91 Å². The lowest BCUT2D eigenvalue weighted by molar-refractivity contribution is -0.114. The first-order chi connectivity index (χ1) is 9.65. The first-order valence-corrected chi connectivity index (χ1v) is 7.73. The lowest BCUT2D eigenvalue weighted by Crippen LogP contribution is -2.21. The Hall–Kier alpha value is -1.72. The van der Waals surface area contributed by atoms with Gasteiger partial charge in [0.1, 0.15) is 0 Å². The van der Waals surface area contributed by atoms with Crippen molar-refractivity contribution >= 4 is 50.6 Å². The fourth-order valence-corrected chi connectivity index (χ4v) is 2.88. The molecule has 5 heteroatoms. The number of carbonyl (C=O) groups excluding carboxylic acids is 1. The smallest absolute Gasteiger partial charge is 0.267 e. The van der Waals surface area contributed by atoms with Crippen LogP contribution < -0.4 is 5.01 Å². The summed E-state index contributed by atoms with van der Waals surface area (Å²) in [6, 6.07) is 11.5. The Labute approximate surface area is 129 Å². The third-order valence-corrected chi connectivity index (χ3v) is 4.31. The lowest BCUT2D eigenvalue weighted by atomic mass is 10.1. The molecule has 0 saturated heterocycles. The fourth-order valence-electron chi connectivity index (χ4n) is 1.96. The predicted octanol–water partition coefficient (Wildman–Crippen LogP) is 4.32. The van der Waals surface area contributed by atoms with E-state index in [9.17, 15) is 4.79 Å². The van der Waals surface area contributed by atoms with Gasteiger partial charge in [-0.15, -0.1) is 11.3 Å². The molecule has 0 saturated carbocycles. The largest absolute Gasteiger partial charge is 0.280 e. The van der Waals surface area contributed by atoms with E-state index in [1.165, 1.54) is 5.01 Å². The van der Waals surface area contributed by atoms with Gasteiger partial charge in [0.05, 0.1) is 17.0 Å². The van der Waals surface area contributed by atoms with Crippen LogP contribution in [-0.2, 0) is 4.79 Å². The molecule has 1 aromatic heterocycles. The summed E-state index contributed by atoms with van der Waals surface area (Å²) in [7, 11) is 0. The van der Waals surface area contributed by atoms with Crippen LogP contribution in [0.15, 0.2) is 56.9 Å². The molecule has 1 aromatic carbocycles. The molecule has 0 bridgehead atoms. The zero-order valence-corrected chi connectivity index (χ0v) is 13.1. The van der Waals surface area contributed by atoms with Crippen molar-refractivity contribution in [3.63, 3.8) is 0 Å². The minimum Gasteiger partial charge on any atom is -0.267 e. The average molecular weight is 347 g/mol. The molecule has 0 atom stereocenters. The Morgan fingerprint density at radius 1 is 1.25 bits per heavy atom. The zero-order chi connectivity index (χ0) is 14.1. The average Bonchev–Trinajstić information content (AvgIpc) is 3.04. The molecule has 1 amide bonds. The maximum absolute atomic E-state index is 12.5. The highest BCUT2D eigenvalue weighted by Crippen LogP contribution is 2.26. The maximum Gasteiger partial charge on any atom is 0.280 e. The van der Waals surface area contributed by atoms with Crippen molar-refractivity contribution in [1.29, 1.82) is 0 Å². The van der Waals surface area contributed by atoms with E-state index in [0.29, 0.717) is 5.57 Å². The number of hydrogen-bond acceptors (Lipinski definition) is 3. The zero-order valence-electron chi connectivity index (χ0n) is 10.7. The molecule has 0 N–H and O–H groups in total. The number of hydrazone groups is 1. The van der Waals surface area contributed by atoms with E-state index in [2.05, 4.69) is 21.0 Å². The highest BCUT2D eigenvalue weighted by Gasteiger charge is 2.28. The number of thiophene rings is 1. The Bertz CT molecular complexity index is 702. The summed E-state index contributed by atoms with van der Waals surface area (Å²) < 4.78 is 0.975. The summed E-state index contributed by atoms with van der Waals surface area (Å²) in [6.07, 6.45) is 1.89. The molecule has 1 aliphatic rings. The van der Waals surface area contributed by atoms with Gasteiger partial charge in [-0.3, -0.25) is 4.79 Å². The molecule has 1 aliphatic heterocycles. The highest BCUT2D eigenvalue weighted by atomic mass is 79.9. The van der Waals surface area contributed by atoms with Crippen LogP contribution in [-0.4, -0.2) is 11.6 Å². The quantitative estimate of drug-likeness (QED) is 0.745. The van der Waals surface area contributed by atoms with E-state index >= 15 is 0 Å². The van der Waals surface area contributed by atoms with Gasteiger partial charge >= 0.3 is 0 Å². The highest BCUT2D eigenvalue weighted by molar-refractivity contribution is 9.10. The van der Waals surface area contributed by atoms with Crippen molar-refractivity contribution in [3.8, 4) is 0 Å². The maximum atomic E-state index is 12.5. The summed E-state index contributed by atoms with van der Waals surface area (Å²) in [6.45, 7) is 1.86. The van der Waals surface area contributed by atoms with E-state index in [4.69, 9.17) is 0 Å². The molecule has 2 aromatic rings. The molecule has 0 spiro atoms. The van der Waals surface area contributed by atoms with Gasteiger partial charge in [0, 0.05) is 9.35 Å². The molecule has 3 rings (SSSR count). The molecular weight excluding hydrogens is 336 g/mol. The monoisotopic (exact) mass is 346 g/mol. The summed E-state index contributed by atoms with van der Waals surface area (Å²) >= 11 is 4.99. The second kappa shape index (κ2) is 5.34. The second-order valence-corrected chi connectivity index (χ2v) is 6.25. The Balaban J connectivity index is 1.94. The fraction of sp³-hybridized carbons (Fsp3) is 0.0667. The van der Waals surface area contributed by atoms with Gasteiger partial charge in [-0.2, -0.15) is 10.1 Å². The van der Waals surface area contributed by atoms with Crippen molar-refractivity contribution in [1.82, 2.24) is 0 Å². The van der Waals surface area contributed by atoms with Crippen LogP contribution in [0.2, 0.25) is 0 Å². The Morgan fingerprint density at radius 3 is 2.65 bits per heavy atom. The van der Waals surface area contributed by atoms with Gasteiger partial charge in [0.2, 0.25) is 0 Å². The van der Waals surface area contributed by atoms with Gasteiger partial charge in [0.15, 0.2) is 0 Å². The van der Waals surface area contributed by atoms with Crippen molar-refractivity contribution in [2.75, 3.05) is 5.01 Å². The van der Waals surface area contributed by atoms with Crippen molar-refractivity contribution in [3.05, 3.63) is 56.7 Å². The number of amides is 1. The first kappa shape index (κ1) is 13.3. The number of rotatable bonds is 2. The number of benzene rings is 1. The van der Waals surface area contributed by atoms with Crippen LogP contribution in [0.25, 0.3) is 6.08 Å². The normalized spacial score (nSPS) is 16.9. The third kappa shape index (κ3) is 2.46. The predicted molar refractivity (Wildman–Crippen MR) is 87.0 cm³/mol. The topological polar surface area (TPSA) is 32.7 Å². The SMILES string of the molecule is CC1=NN(c2ccc(Br)cc2)C(=O)/C1=C\c1cccs1. The Morgan fingerprint density at radius 2 is 2.00 bits per heavy atom. The Kier molecular flexibility index (Phi) is 3.54. The molecular formula is C15H11BrN2OS. The molecule has 0 fully saturated rings. The lowest BCUT2D eigenvalue weighted by Gasteiger charge is -2.11. The third-order valence-electron chi connectivity index (χ3n) is 2.96. The molecule has 0 aliphatic carbocycles. The summed E-state index contributed by atoms with van der Waals surface area (Å²) in [5.41, 5.74) is 2.16. The van der Waals surface area contributed by atoms with Gasteiger partial charge in [-0.25, -0.2) is 0 Å². The van der Waals surface area contributed by atoms with Gasteiger partial charge in [-0.05, 0) is 48.7 Å². The summed E-state index contributed by atoms with van der Waals surface area (Å²) in [5.74, 6) is -0.0850. The molecule has 20 heavy (non-hydrogen) atoms. The first-order valence-electron chi connectivity index (χ1n) is 6.06. The molecule has 0 radical (unpaired) electrons. The molecule has 3 nitrogen and oxygen atoms in total. The van der Waals surface area contributed by atoms with Crippen LogP contribution in [0, 0.1) is 0 Å². The summed E-state index contributed by atoms with van der Waals surface area (Å²) in [4.78, 5) is 13.5. The summed E-state index contributed by atoms with van der Waals surface area (Å²) in [5, 5.41) is 7.79. The van der Waals surface area contributed by atoms with E-state index in [1.807, 2.05) is 54.8 Å². The number of nitrogens with zero attached hydrogens (tertiary/aromatic N) is 2. The molecule has 2 heterocycles. The van der Waals surface area contributed by atoms with Crippen LogP contribution in [0.4, 0.5) is 5.69 Å². The van der Waals surface area contributed by atoms with E-state index in [1.54, 1.807) is 11.3 Å². The number of carbonyl (C=O) groups is 1. The number of halogens is 1.